The number of hydrogen-bond donors (Lipinski definition) is 7. The summed E-state index contributed by atoms with van der Waals surface area (Å²) in [6.45, 7) is 5.48. The molecule has 18 heteroatoms. The lowest BCUT2D eigenvalue weighted by Crippen LogP contribution is -2.33. The van der Waals surface area contributed by atoms with Gasteiger partial charge >= 0.3 is 0 Å². The molecular weight excluding hydrogens is 700 g/mol. The molecule has 1 atom stereocenters. The van der Waals surface area contributed by atoms with Crippen LogP contribution in [-0.4, -0.2) is 66.4 Å². The Bertz CT molecular complexity index is 1990. The summed E-state index contributed by atoms with van der Waals surface area (Å²) in [5, 5.41) is 13.7. The molecule has 0 aliphatic rings. The number of aryl methyl sites for hydroxylation is 3. The Kier molecular flexibility index (Phi) is 10.8. The molecule has 0 bridgehead atoms. The minimum absolute atomic E-state index is 0.0736. The zero-order valence-corrected chi connectivity index (χ0v) is 29.0. The van der Waals surface area contributed by atoms with Gasteiger partial charge in [-0.15, -0.1) is 0 Å². The van der Waals surface area contributed by atoms with Crippen molar-refractivity contribution in [3.05, 3.63) is 82.8 Å². The summed E-state index contributed by atoms with van der Waals surface area (Å²) in [6, 6.07) is 7.38. The van der Waals surface area contributed by atoms with Gasteiger partial charge in [-0.2, -0.15) is 0 Å². The van der Waals surface area contributed by atoms with E-state index >= 15 is 0 Å². The first-order valence-electron chi connectivity index (χ1n) is 14.7. The SMILES string of the molecule is C=C(Br)C(=O)Nc1cc(C(=O)Nc2cc(C(=O)Nc3cc(C(=O)Nc4ccc(C(=O)NCC(C)N=C(N)N)n4C)n(C)c3)n(C)c2)n(C)c1. The van der Waals surface area contributed by atoms with Crippen molar-refractivity contribution in [3.63, 3.8) is 0 Å². The summed E-state index contributed by atoms with van der Waals surface area (Å²) >= 11 is 3.01. The Morgan fingerprint density at radius 3 is 1.63 bits per heavy atom. The number of aromatic nitrogens is 4. The first-order valence-corrected chi connectivity index (χ1v) is 15.4. The predicted molar refractivity (Wildman–Crippen MR) is 190 cm³/mol. The number of rotatable bonds is 12. The molecule has 5 amide bonds. The molecule has 0 aromatic carbocycles. The molecule has 0 fully saturated rings. The van der Waals surface area contributed by atoms with Gasteiger partial charge in [-0.1, -0.05) is 6.58 Å². The highest BCUT2D eigenvalue weighted by atomic mass is 79.9. The van der Waals surface area contributed by atoms with Crippen molar-refractivity contribution in [2.24, 2.45) is 44.7 Å². The van der Waals surface area contributed by atoms with Crippen LogP contribution in [0.5, 0.6) is 0 Å². The predicted octanol–water partition coefficient (Wildman–Crippen LogP) is 2.04. The van der Waals surface area contributed by atoms with Crippen LogP contribution in [0.1, 0.15) is 48.9 Å². The molecule has 0 radical (unpaired) electrons. The van der Waals surface area contributed by atoms with Gasteiger partial charge in [-0.3, -0.25) is 24.0 Å². The highest BCUT2D eigenvalue weighted by Gasteiger charge is 2.20. The maximum atomic E-state index is 13.2. The highest BCUT2D eigenvalue weighted by Crippen LogP contribution is 2.21. The summed E-state index contributed by atoms with van der Waals surface area (Å²) in [5.74, 6) is -1.92. The van der Waals surface area contributed by atoms with Crippen LogP contribution < -0.4 is 38.1 Å². The number of anilines is 4. The van der Waals surface area contributed by atoms with Crippen molar-refractivity contribution >= 4 is 74.3 Å². The molecule has 0 aliphatic heterocycles. The number of carbonyl (C=O) groups is 5. The smallest absolute Gasteiger partial charge is 0.273 e. The van der Waals surface area contributed by atoms with E-state index in [2.05, 4.69) is 54.1 Å². The van der Waals surface area contributed by atoms with E-state index in [4.69, 9.17) is 11.5 Å². The number of nitrogens with two attached hydrogens (primary N) is 2. The van der Waals surface area contributed by atoms with Crippen LogP contribution in [0.15, 0.2) is 65.0 Å². The van der Waals surface area contributed by atoms with Gasteiger partial charge in [0.05, 0.1) is 27.6 Å². The van der Waals surface area contributed by atoms with Crippen LogP contribution in [0.2, 0.25) is 0 Å². The second-order valence-corrected chi connectivity index (χ2v) is 12.1. The van der Waals surface area contributed by atoms with E-state index in [0.29, 0.717) is 28.6 Å². The average Bonchev–Trinajstić information content (AvgIpc) is 3.77. The molecule has 4 aromatic heterocycles. The molecular formula is C31H37BrN12O5. The number of halogens is 1. The number of guanidine groups is 1. The summed E-state index contributed by atoms with van der Waals surface area (Å²) in [7, 11) is 6.59. The van der Waals surface area contributed by atoms with E-state index in [1.54, 1.807) is 79.5 Å². The van der Waals surface area contributed by atoms with E-state index in [9.17, 15) is 24.0 Å². The molecule has 4 heterocycles. The summed E-state index contributed by atoms with van der Waals surface area (Å²) in [4.78, 5) is 67.9. The second kappa shape index (κ2) is 14.8. The van der Waals surface area contributed by atoms with Gasteiger partial charge < -0.3 is 56.3 Å². The van der Waals surface area contributed by atoms with E-state index in [-0.39, 0.29) is 46.0 Å². The number of hydrogen-bond acceptors (Lipinski definition) is 6. The van der Waals surface area contributed by atoms with Crippen LogP contribution in [0, 0.1) is 0 Å². The van der Waals surface area contributed by atoms with Gasteiger partial charge in [0, 0.05) is 53.3 Å². The lowest BCUT2D eigenvalue weighted by atomic mass is 10.3. The zero-order chi connectivity index (χ0) is 36.2. The Balaban J connectivity index is 1.38. The number of nitrogens with one attached hydrogen (secondary N) is 5. The monoisotopic (exact) mass is 736 g/mol. The molecule has 0 spiro atoms. The van der Waals surface area contributed by atoms with Gasteiger partial charge in [-0.05, 0) is 53.2 Å². The maximum Gasteiger partial charge on any atom is 0.273 e. The van der Waals surface area contributed by atoms with Gasteiger partial charge in [0.15, 0.2) is 5.96 Å². The van der Waals surface area contributed by atoms with Crippen LogP contribution >= 0.6 is 15.9 Å². The molecule has 9 N–H and O–H groups in total. The number of amides is 5. The Morgan fingerprint density at radius 1 is 0.735 bits per heavy atom. The molecule has 49 heavy (non-hydrogen) atoms. The topological polar surface area (TPSA) is 230 Å². The van der Waals surface area contributed by atoms with Crippen molar-refractivity contribution in [2.45, 2.75) is 13.0 Å². The minimum atomic E-state index is -0.480. The minimum Gasteiger partial charge on any atom is -0.370 e. The van der Waals surface area contributed by atoms with Crippen molar-refractivity contribution in [3.8, 4) is 0 Å². The highest BCUT2D eigenvalue weighted by molar-refractivity contribution is 9.12. The summed E-state index contributed by atoms with van der Waals surface area (Å²) in [6.07, 6.45) is 4.74. The zero-order valence-electron chi connectivity index (χ0n) is 27.4. The van der Waals surface area contributed by atoms with Gasteiger partial charge in [0.1, 0.15) is 28.6 Å². The summed E-state index contributed by atoms with van der Waals surface area (Å²) in [5.41, 5.74) is 12.9. The van der Waals surface area contributed by atoms with Crippen LogP contribution in [0.4, 0.5) is 22.9 Å². The fourth-order valence-electron chi connectivity index (χ4n) is 4.84. The molecule has 0 saturated heterocycles. The maximum absolute atomic E-state index is 13.2. The fraction of sp³-hybridized carbons (Fsp3) is 0.226. The molecule has 4 aromatic rings. The lowest BCUT2D eigenvalue weighted by molar-refractivity contribution is -0.112. The summed E-state index contributed by atoms with van der Waals surface area (Å²) < 4.78 is 6.32. The third-order valence-corrected chi connectivity index (χ3v) is 7.62. The van der Waals surface area contributed by atoms with Crippen molar-refractivity contribution in [1.82, 2.24) is 23.6 Å². The standard InChI is InChI=1S/C31H37BrN12O5/c1-16(36-31(33)34)12-35-27(46)21-7-8-25(44(21)6)40-30(49)24-11-20(15-43(24)5)39-29(48)23-10-19(14-42(23)4)38-28(47)22-9-18(13-41(22)3)37-26(45)17(2)32/h7-11,13-16H,2,12H2,1,3-6H3,(H,35,46)(H,37,45)(H,38,47)(H,39,48)(H,40,49)(H4,33,34,36). The van der Waals surface area contributed by atoms with Crippen LogP contribution in [-0.2, 0) is 33.0 Å². The molecule has 17 nitrogen and oxygen atoms in total. The van der Waals surface area contributed by atoms with E-state index in [0.717, 1.165) is 0 Å². The molecule has 1 unspecified atom stereocenters. The number of nitrogens with zero attached hydrogens (tertiary/aromatic N) is 5. The third-order valence-electron chi connectivity index (χ3n) is 7.26. The van der Waals surface area contributed by atoms with Crippen LogP contribution in [0.25, 0.3) is 0 Å². The first-order chi connectivity index (χ1) is 23.0. The average molecular weight is 738 g/mol. The van der Waals surface area contributed by atoms with Crippen molar-refractivity contribution in [1.29, 1.82) is 0 Å². The van der Waals surface area contributed by atoms with Crippen molar-refractivity contribution in [2.75, 3.05) is 27.8 Å². The number of aliphatic imine (C=N–C) groups is 1. The molecule has 258 valence electrons. The van der Waals surface area contributed by atoms with Crippen molar-refractivity contribution < 1.29 is 24.0 Å². The fourth-order valence-corrected chi connectivity index (χ4v) is 4.94. The van der Waals surface area contributed by atoms with E-state index < -0.39 is 23.6 Å². The largest absolute Gasteiger partial charge is 0.370 e. The van der Waals surface area contributed by atoms with E-state index in [1.165, 1.54) is 22.8 Å². The quantitative estimate of drug-likeness (QED) is 0.0650. The van der Waals surface area contributed by atoms with Crippen LogP contribution in [0.3, 0.4) is 0 Å². The number of carbonyl (C=O) groups excluding carboxylic acids is 5. The third kappa shape index (κ3) is 8.66. The lowest BCUT2D eigenvalue weighted by Gasteiger charge is -2.11. The first kappa shape index (κ1) is 35.8. The Morgan fingerprint density at radius 2 is 1.18 bits per heavy atom. The second-order valence-electron chi connectivity index (χ2n) is 11.2. The molecule has 4 rings (SSSR count). The molecule has 0 saturated carbocycles. The Hall–Kier alpha value is -6.04. The van der Waals surface area contributed by atoms with Gasteiger partial charge in [0.2, 0.25) is 0 Å². The normalized spacial score (nSPS) is 11.3. The van der Waals surface area contributed by atoms with E-state index in [1.807, 2.05) is 0 Å². The molecule has 0 aliphatic carbocycles. The Labute approximate surface area is 289 Å². The van der Waals surface area contributed by atoms with Gasteiger partial charge in [0.25, 0.3) is 29.5 Å². The van der Waals surface area contributed by atoms with Gasteiger partial charge in [-0.25, -0.2) is 4.99 Å².